The standard InChI is InChI=1S/C22H29N5O3/c1-4-6-14-26-17(11-12-18(28)23-16-10-8-7-9-15(16)3)24-20-19(26)21(29)25-22(30)27(20)13-5-2/h7-10H,4-6,11-14H2,1-3H3,(H,23,28)(H,25,29,30). The first-order valence-corrected chi connectivity index (χ1v) is 10.5. The fourth-order valence-electron chi connectivity index (χ4n) is 3.55. The lowest BCUT2D eigenvalue weighted by Crippen LogP contribution is -2.31. The summed E-state index contributed by atoms with van der Waals surface area (Å²) in [7, 11) is 0. The van der Waals surface area contributed by atoms with E-state index in [9.17, 15) is 14.4 Å². The van der Waals surface area contributed by atoms with Crippen LogP contribution in [0.25, 0.3) is 11.2 Å². The van der Waals surface area contributed by atoms with Gasteiger partial charge in [-0.05, 0) is 31.4 Å². The number of aromatic nitrogens is 4. The molecule has 0 aliphatic heterocycles. The van der Waals surface area contributed by atoms with Crippen LogP contribution in [0.4, 0.5) is 5.69 Å². The van der Waals surface area contributed by atoms with Gasteiger partial charge in [0.25, 0.3) is 5.56 Å². The highest BCUT2D eigenvalue weighted by Crippen LogP contribution is 2.17. The Morgan fingerprint density at radius 3 is 2.57 bits per heavy atom. The predicted octanol–water partition coefficient (Wildman–Crippen LogP) is 2.98. The normalized spacial score (nSPS) is 11.2. The predicted molar refractivity (Wildman–Crippen MR) is 118 cm³/mol. The second-order valence-electron chi connectivity index (χ2n) is 7.48. The fourth-order valence-corrected chi connectivity index (χ4v) is 3.55. The smallest absolute Gasteiger partial charge is 0.326 e. The average molecular weight is 412 g/mol. The minimum Gasteiger partial charge on any atom is -0.326 e. The van der Waals surface area contributed by atoms with Crippen LogP contribution >= 0.6 is 0 Å². The molecule has 1 aromatic carbocycles. The van der Waals surface area contributed by atoms with Gasteiger partial charge in [-0.1, -0.05) is 38.5 Å². The molecule has 0 aliphatic carbocycles. The average Bonchev–Trinajstić information content (AvgIpc) is 3.08. The molecule has 0 bridgehead atoms. The molecule has 0 fully saturated rings. The van der Waals surface area contributed by atoms with Gasteiger partial charge >= 0.3 is 5.69 Å². The van der Waals surface area contributed by atoms with Gasteiger partial charge in [0, 0.05) is 31.6 Å². The van der Waals surface area contributed by atoms with Gasteiger partial charge < -0.3 is 9.88 Å². The number of anilines is 1. The van der Waals surface area contributed by atoms with Crippen molar-refractivity contribution in [2.24, 2.45) is 0 Å². The van der Waals surface area contributed by atoms with Crippen LogP contribution in [0, 0.1) is 6.92 Å². The number of imidazole rings is 1. The molecule has 3 aromatic rings. The second kappa shape index (κ2) is 9.56. The Hall–Kier alpha value is -3.16. The number of H-pyrrole nitrogens is 1. The van der Waals surface area contributed by atoms with Gasteiger partial charge in [0.05, 0.1) is 0 Å². The Kier molecular flexibility index (Phi) is 6.87. The van der Waals surface area contributed by atoms with Crippen LogP contribution in [0.5, 0.6) is 0 Å². The number of amides is 1. The summed E-state index contributed by atoms with van der Waals surface area (Å²) in [6, 6.07) is 7.62. The highest BCUT2D eigenvalue weighted by Gasteiger charge is 2.19. The van der Waals surface area contributed by atoms with Crippen LogP contribution in [-0.4, -0.2) is 25.0 Å². The number of nitrogens with one attached hydrogen (secondary N) is 2. The van der Waals surface area contributed by atoms with Gasteiger partial charge in [-0.15, -0.1) is 0 Å². The molecule has 0 saturated heterocycles. The number of benzene rings is 1. The zero-order chi connectivity index (χ0) is 21.7. The van der Waals surface area contributed by atoms with Crippen molar-refractivity contribution in [3.8, 4) is 0 Å². The molecule has 0 atom stereocenters. The number of aryl methyl sites for hydroxylation is 4. The molecule has 0 unspecified atom stereocenters. The number of aromatic amines is 1. The molecule has 8 nitrogen and oxygen atoms in total. The van der Waals surface area contributed by atoms with E-state index in [1.807, 2.05) is 42.7 Å². The van der Waals surface area contributed by atoms with Crippen LogP contribution in [0.1, 0.15) is 50.9 Å². The first-order chi connectivity index (χ1) is 14.5. The molecule has 30 heavy (non-hydrogen) atoms. The fraction of sp³-hybridized carbons (Fsp3) is 0.455. The molecule has 0 saturated carbocycles. The molecule has 2 aromatic heterocycles. The quantitative estimate of drug-likeness (QED) is 0.565. The molecule has 0 spiro atoms. The highest BCUT2D eigenvalue weighted by molar-refractivity contribution is 5.91. The van der Waals surface area contributed by atoms with Crippen molar-refractivity contribution in [3.63, 3.8) is 0 Å². The molecule has 3 rings (SSSR count). The van der Waals surface area contributed by atoms with Gasteiger partial charge in [-0.25, -0.2) is 9.78 Å². The molecule has 1 amide bonds. The van der Waals surface area contributed by atoms with Crippen molar-refractivity contribution in [1.29, 1.82) is 0 Å². The molecule has 2 heterocycles. The number of carbonyl (C=O) groups is 1. The Balaban J connectivity index is 1.92. The maximum absolute atomic E-state index is 12.6. The number of fused-ring (bicyclic) bond motifs is 1. The first-order valence-electron chi connectivity index (χ1n) is 10.5. The van der Waals surface area contributed by atoms with Crippen LogP contribution in [0.3, 0.4) is 0 Å². The van der Waals surface area contributed by atoms with Crippen LogP contribution in [0.15, 0.2) is 33.9 Å². The van der Waals surface area contributed by atoms with Gasteiger partial charge in [0.15, 0.2) is 11.2 Å². The molecular formula is C22H29N5O3. The van der Waals surface area contributed by atoms with E-state index in [0.717, 1.165) is 30.5 Å². The topological polar surface area (TPSA) is 102 Å². The number of para-hydroxylation sites is 1. The van der Waals surface area contributed by atoms with Crippen LogP contribution < -0.4 is 16.6 Å². The zero-order valence-corrected chi connectivity index (χ0v) is 17.8. The minimum atomic E-state index is -0.446. The third kappa shape index (κ3) is 4.53. The number of carbonyl (C=O) groups excluding carboxylic acids is 1. The monoisotopic (exact) mass is 411 g/mol. The lowest BCUT2D eigenvalue weighted by atomic mass is 10.2. The molecule has 2 N–H and O–H groups in total. The summed E-state index contributed by atoms with van der Waals surface area (Å²) in [6.45, 7) is 7.08. The SMILES string of the molecule is CCCCn1c(CCC(=O)Nc2ccccc2C)nc2c1c(=O)[nH]c(=O)n2CCC. The van der Waals surface area contributed by atoms with Gasteiger partial charge in [-0.2, -0.15) is 0 Å². The third-order valence-corrected chi connectivity index (χ3v) is 5.14. The van der Waals surface area contributed by atoms with Crippen molar-refractivity contribution in [2.45, 2.75) is 66.0 Å². The van der Waals surface area contributed by atoms with Crippen molar-refractivity contribution in [3.05, 3.63) is 56.5 Å². The molecule has 160 valence electrons. The molecule has 0 aliphatic rings. The van der Waals surface area contributed by atoms with Crippen molar-refractivity contribution in [2.75, 3.05) is 5.32 Å². The summed E-state index contributed by atoms with van der Waals surface area (Å²) in [5.74, 6) is 0.539. The van der Waals surface area contributed by atoms with E-state index in [2.05, 4.69) is 22.2 Å². The number of hydrogen-bond acceptors (Lipinski definition) is 4. The maximum atomic E-state index is 12.6. The summed E-state index contributed by atoms with van der Waals surface area (Å²) in [5.41, 5.74) is 1.72. The van der Waals surface area contributed by atoms with E-state index >= 15 is 0 Å². The van der Waals surface area contributed by atoms with E-state index in [4.69, 9.17) is 0 Å². The van der Waals surface area contributed by atoms with Crippen molar-refractivity contribution in [1.82, 2.24) is 19.1 Å². The lowest BCUT2D eigenvalue weighted by Gasteiger charge is -2.10. The number of rotatable bonds is 9. The summed E-state index contributed by atoms with van der Waals surface area (Å²) in [5, 5.41) is 2.93. The molecule has 0 radical (unpaired) electrons. The van der Waals surface area contributed by atoms with Gasteiger partial charge in [0.2, 0.25) is 5.91 Å². The largest absolute Gasteiger partial charge is 0.330 e. The van der Waals surface area contributed by atoms with Crippen molar-refractivity contribution < 1.29 is 4.79 Å². The number of unbranched alkanes of at least 4 members (excludes halogenated alkanes) is 1. The molecule has 8 heteroatoms. The van der Waals surface area contributed by atoms with Gasteiger partial charge in [-0.3, -0.25) is 19.1 Å². The Bertz CT molecular complexity index is 1160. The van der Waals surface area contributed by atoms with Crippen LogP contribution in [-0.2, 0) is 24.3 Å². The minimum absolute atomic E-state index is 0.113. The van der Waals surface area contributed by atoms with E-state index < -0.39 is 11.2 Å². The zero-order valence-electron chi connectivity index (χ0n) is 17.8. The second-order valence-corrected chi connectivity index (χ2v) is 7.48. The van der Waals surface area contributed by atoms with Gasteiger partial charge in [0.1, 0.15) is 5.82 Å². The third-order valence-electron chi connectivity index (χ3n) is 5.14. The van der Waals surface area contributed by atoms with E-state index in [1.54, 1.807) is 0 Å². The molecular weight excluding hydrogens is 382 g/mol. The summed E-state index contributed by atoms with van der Waals surface area (Å²) in [4.78, 5) is 44.4. The van der Waals surface area contributed by atoms with E-state index in [1.165, 1.54) is 4.57 Å². The van der Waals surface area contributed by atoms with Crippen molar-refractivity contribution >= 4 is 22.8 Å². The summed E-state index contributed by atoms with van der Waals surface area (Å²) in [6.07, 6.45) is 3.20. The van der Waals surface area contributed by atoms with E-state index in [0.29, 0.717) is 36.5 Å². The van der Waals surface area contributed by atoms with E-state index in [-0.39, 0.29) is 12.3 Å². The lowest BCUT2D eigenvalue weighted by molar-refractivity contribution is -0.116. The first kappa shape index (κ1) is 21.5. The Labute approximate surface area is 175 Å². The summed E-state index contributed by atoms with van der Waals surface area (Å²) < 4.78 is 3.38. The Morgan fingerprint density at radius 2 is 1.87 bits per heavy atom. The Morgan fingerprint density at radius 1 is 1.10 bits per heavy atom. The van der Waals surface area contributed by atoms with Crippen LogP contribution in [0.2, 0.25) is 0 Å². The summed E-state index contributed by atoms with van der Waals surface area (Å²) >= 11 is 0. The highest BCUT2D eigenvalue weighted by atomic mass is 16.2. The number of nitrogens with zero attached hydrogens (tertiary/aromatic N) is 3. The number of hydrogen-bond donors (Lipinski definition) is 2. The maximum Gasteiger partial charge on any atom is 0.330 e.